The molecule has 2 rings (SSSR count). The summed E-state index contributed by atoms with van der Waals surface area (Å²) in [5.41, 5.74) is -0.592. The maximum atomic E-state index is 12.2. The third kappa shape index (κ3) is 3.77. The Morgan fingerprint density at radius 2 is 2.20 bits per heavy atom. The van der Waals surface area contributed by atoms with Crippen molar-refractivity contribution in [3.63, 3.8) is 0 Å². The van der Waals surface area contributed by atoms with Crippen molar-refractivity contribution in [2.45, 2.75) is 38.3 Å². The summed E-state index contributed by atoms with van der Waals surface area (Å²) in [5.74, 6) is -0.215. The molecule has 1 aromatic heterocycles. The van der Waals surface area contributed by atoms with Crippen LogP contribution in [0.2, 0.25) is 0 Å². The van der Waals surface area contributed by atoms with Gasteiger partial charge in [0.1, 0.15) is 0 Å². The number of hydrogen-bond acceptors (Lipinski definition) is 5. The molecule has 1 aliphatic rings. The Bertz CT molecular complexity index is 460. The molecule has 20 heavy (non-hydrogen) atoms. The van der Waals surface area contributed by atoms with Crippen molar-refractivity contribution in [1.29, 1.82) is 0 Å². The SMILES string of the molecule is CN(CC(C)(C)O)C(=O)c1cn(C2CCNCC2)nn1. The molecule has 1 amide bonds. The molecule has 0 saturated carbocycles. The van der Waals surface area contributed by atoms with Gasteiger partial charge in [-0.2, -0.15) is 0 Å². The molecule has 1 aliphatic heterocycles. The molecule has 7 heteroatoms. The van der Waals surface area contributed by atoms with Crippen LogP contribution in [0, 0.1) is 0 Å². The summed E-state index contributed by atoms with van der Waals surface area (Å²) >= 11 is 0. The van der Waals surface area contributed by atoms with Crippen molar-refractivity contribution >= 4 is 5.91 Å². The minimum absolute atomic E-state index is 0.215. The number of piperidine rings is 1. The highest BCUT2D eigenvalue weighted by atomic mass is 16.3. The largest absolute Gasteiger partial charge is 0.389 e. The zero-order valence-electron chi connectivity index (χ0n) is 12.3. The molecule has 0 spiro atoms. The molecule has 112 valence electrons. The van der Waals surface area contributed by atoms with Gasteiger partial charge in [-0.25, -0.2) is 4.68 Å². The molecule has 0 aliphatic carbocycles. The van der Waals surface area contributed by atoms with Gasteiger partial charge in [0, 0.05) is 13.6 Å². The number of amides is 1. The molecule has 7 nitrogen and oxygen atoms in total. The molecule has 2 N–H and O–H groups in total. The summed E-state index contributed by atoms with van der Waals surface area (Å²) in [5, 5.41) is 21.1. The highest BCUT2D eigenvalue weighted by molar-refractivity contribution is 5.91. The third-order valence-corrected chi connectivity index (χ3v) is 3.38. The number of hydrogen-bond donors (Lipinski definition) is 2. The Balaban J connectivity index is 2.02. The van der Waals surface area contributed by atoms with E-state index in [1.807, 2.05) is 0 Å². The van der Waals surface area contributed by atoms with Gasteiger partial charge in [-0.15, -0.1) is 5.10 Å². The van der Waals surface area contributed by atoms with Crippen LogP contribution in [0.4, 0.5) is 0 Å². The monoisotopic (exact) mass is 281 g/mol. The summed E-state index contributed by atoms with van der Waals surface area (Å²) in [6, 6.07) is 0.310. The van der Waals surface area contributed by atoms with Crippen LogP contribution in [-0.4, -0.2) is 63.2 Å². The zero-order chi connectivity index (χ0) is 14.8. The smallest absolute Gasteiger partial charge is 0.275 e. The fraction of sp³-hybridized carbons (Fsp3) is 0.769. The van der Waals surface area contributed by atoms with Crippen molar-refractivity contribution < 1.29 is 9.90 Å². The van der Waals surface area contributed by atoms with Crippen molar-refractivity contribution in [3.05, 3.63) is 11.9 Å². The Hall–Kier alpha value is -1.47. The minimum atomic E-state index is -0.921. The standard InChI is InChI=1S/C13H23N5O2/c1-13(2,20)9-17(3)12(19)11-8-18(16-15-11)10-4-6-14-7-5-10/h8,10,14,20H,4-7,9H2,1-3H3. The molecule has 0 bridgehead atoms. The zero-order valence-corrected chi connectivity index (χ0v) is 12.3. The number of carbonyl (C=O) groups excluding carboxylic acids is 1. The van der Waals surface area contributed by atoms with Gasteiger partial charge in [0.05, 0.1) is 17.8 Å². The van der Waals surface area contributed by atoms with Crippen LogP contribution in [0.3, 0.4) is 0 Å². The van der Waals surface area contributed by atoms with Gasteiger partial charge in [0.2, 0.25) is 0 Å². The quantitative estimate of drug-likeness (QED) is 0.814. The highest BCUT2D eigenvalue weighted by Crippen LogP contribution is 2.17. The number of carbonyl (C=O) groups is 1. The van der Waals surface area contributed by atoms with Crippen LogP contribution in [0.25, 0.3) is 0 Å². The molecule has 0 unspecified atom stereocenters. The van der Waals surface area contributed by atoms with E-state index in [9.17, 15) is 9.90 Å². The Labute approximate surface area is 119 Å². The lowest BCUT2D eigenvalue weighted by Gasteiger charge is -2.24. The third-order valence-electron chi connectivity index (χ3n) is 3.38. The van der Waals surface area contributed by atoms with Gasteiger partial charge < -0.3 is 15.3 Å². The van der Waals surface area contributed by atoms with Crippen LogP contribution in [0.15, 0.2) is 6.20 Å². The molecular weight excluding hydrogens is 258 g/mol. The number of rotatable bonds is 4. The van der Waals surface area contributed by atoms with Gasteiger partial charge in [0.15, 0.2) is 5.69 Å². The molecule has 2 heterocycles. The second-order valence-corrected chi connectivity index (χ2v) is 6.04. The van der Waals surface area contributed by atoms with Crippen LogP contribution >= 0.6 is 0 Å². The van der Waals surface area contributed by atoms with Crippen molar-refractivity contribution in [3.8, 4) is 0 Å². The van der Waals surface area contributed by atoms with Crippen LogP contribution in [-0.2, 0) is 0 Å². The maximum absolute atomic E-state index is 12.2. The molecule has 0 aromatic carbocycles. The molecule has 0 atom stereocenters. The number of likely N-dealkylation sites (N-methyl/N-ethyl adjacent to an activating group) is 1. The fourth-order valence-electron chi connectivity index (χ4n) is 2.47. The van der Waals surface area contributed by atoms with E-state index < -0.39 is 5.60 Å². The first kappa shape index (κ1) is 14.9. The molecule has 1 saturated heterocycles. The normalized spacial score (nSPS) is 17.2. The van der Waals surface area contributed by atoms with E-state index in [0.717, 1.165) is 25.9 Å². The number of nitrogens with one attached hydrogen (secondary N) is 1. The summed E-state index contributed by atoms with van der Waals surface area (Å²) in [6.07, 6.45) is 3.70. The highest BCUT2D eigenvalue weighted by Gasteiger charge is 2.24. The number of aromatic nitrogens is 3. The summed E-state index contributed by atoms with van der Waals surface area (Å²) < 4.78 is 1.78. The molecule has 1 aromatic rings. The first-order valence-electron chi connectivity index (χ1n) is 6.97. The lowest BCUT2D eigenvalue weighted by Crippen LogP contribution is -2.39. The molecule has 1 fully saturated rings. The van der Waals surface area contributed by atoms with Gasteiger partial charge in [-0.05, 0) is 39.8 Å². The topological polar surface area (TPSA) is 83.3 Å². The van der Waals surface area contributed by atoms with E-state index in [2.05, 4.69) is 15.6 Å². The number of nitrogens with zero attached hydrogens (tertiary/aromatic N) is 4. The van der Waals surface area contributed by atoms with Crippen LogP contribution < -0.4 is 5.32 Å². The van der Waals surface area contributed by atoms with E-state index >= 15 is 0 Å². The average Bonchev–Trinajstić information content (AvgIpc) is 2.86. The van der Waals surface area contributed by atoms with Crippen LogP contribution in [0.1, 0.15) is 43.2 Å². The second kappa shape index (κ2) is 5.88. The maximum Gasteiger partial charge on any atom is 0.275 e. The molecule has 0 radical (unpaired) electrons. The van der Waals surface area contributed by atoms with Gasteiger partial charge in [-0.1, -0.05) is 5.21 Å². The second-order valence-electron chi connectivity index (χ2n) is 6.04. The predicted molar refractivity (Wildman–Crippen MR) is 74.4 cm³/mol. The molecular formula is C13H23N5O2. The first-order valence-corrected chi connectivity index (χ1v) is 6.97. The van der Waals surface area contributed by atoms with Crippen molar-refractivity contribution in [2.24, 2.45) is 0 Å². The number of aliphatic hydroxyl groups is 1. The Kier molecular flexibility index (Phi) is 4.39. The lowest BCUT2D eigenvalue weighted by atomic mass is 10.1. The average molecular weight is 281 g/mol. The van der Waals surface area contributed by atoms with Crippen LogP contribution in [0.5, 0.6) is 0 Å². The Morgan fingerprint density at radius 1 is 1.55 bits per heavy atom. The minimum Gasteiger partial charge on any atom is -0.389 e. The van der Waals surface area contributed by atoms with Gasteiger partial charge >= 0.3 is 0 Å². The summed E-state index contributed by atoms with van der Waals surface area (Å²) in [6.45, 7) is 5.52. The fourth-order valence-corrected chi connectivity index (χ4v) is 2.47. The van der Waals surface area contributed by atoms with Crippen molar-refractivity contribution in [1.82, 2.24) is 25.2 Å². The lowest BCUT2D eigenvalue weighted by molar-refractivity contribution is 0.0365. The van der Waals surface area contributed by atoms with Gasteiger partial charge in [0.25, 0.3) is 5.91 Å². The van der Waals surface area contributed by atoms with E-state index in [0.29, 0.717) is 11.7 Å². The van der Waals surface area contributed by atoms with E-state index in [1.165, 1.54) is 4.90 Å². The predicted octanol–water partition coefficient (Wildman–Crippen LogP) is 0.0455. The van der Waals surface area contributed by atoms with E-state index in [1.54, 1.807) is 31.8 Å². The van der Waals surface area contributed by atoms with Gasteiger partial charge in [-0.3, -0.25) is 4.79 Å². The summed E-state index contributed by atoms with van der Waals surface area (Å²) in [7, 11) is 1.66. The van der Waals surface area contributed by atoms with E-state index in [4.69, 9.17) is 0 Å². The van der Waals surface area contributed by atoms with E-state index in [-0.39, 0.29) is 12.5 Å². The first-order chi connectivity index (χ1) is 9.37. The summed E-state index contributed by atoms with van der Waals surface area (Å²) in [4.78, 5) is 13.7. The Morgan fingerprint density at radius 3 is 2.80 bits per heavy atom. The van der Waals surface area contributed by atoms with Crippen molar-refractivity contribution in [2.75, 3.05) is 26.7 Å².